The molecule has 0 unspecified atom stereocenters. The third-order valence-electron chi connectivity index (χ3n) is 6.70. The Kier molecular flexibility index (Phi) is 6.83. The number of rotatable bonds is 4. The van der Waals surface area contributed by atoms with Crippen LogP contribution in [0.15, 0.2) is 93.8 Å². The predicted octanol–water partition coefficient (Wildman–Crippen LogP) is 7.24. The van der Waals surface area contributed by atoms with Crippen LogP contribution in [0, 0.1) is 22.7 Å². The van der Waals surface area contributed by atoms with E-state index in [1.54, 1.807) is 12.2 Å². The van der Waals surface area contributed by atoms with Crippen LogP contribution in [0.4, 0.5) is 0 Å². The molecule has 0 amide bonds. The number of para-hydroxylation sites is 4. The van der Waals surface area contributed by atoms with Gasteiger partial charge in [0.15, 0.2) is 34.2 Å². The predicted molar refractivity (Wildman–Crippen MR) is 160 cm³/mol. The summed E-state index contributed by atoms with van der Waals surface area (Å²) in [5.74, 6) is 3.37. The summed E-state index contributed by atoms with van der Waals surface area (Å²) < 4.78 is 32.5. The van der Waals surface area contributed by atoms with E-state index >= 15 is 0 Å². The van der Waals surface area contributed by atoms with Crippen molar-refractivity contribution in [1.82, 2.24) is 9.97 Å². The highest BCUT2D eigenvalue weighted by atomic mass is 16.7. The van der Waals surface area contributed by atoms with Crippen molar-refractivity contribution in [2.75, 3.05) is 13.6 Å². The van der Waals surface area contributed by atoms with Gasteiger partial charge in [-0.2, -0.15) is 10.5 Å². The molecule has 0 radical (unpaired) electrons. The lowest BCUT2D eigenvalue weighted by molar-refractivity contribution is 0.173. The SMILES string of the molecule is N#C/C(=C\c1ccc2c(c1)OCO2)c1nc2ccccc2o1.N#C/C(=C\c1ccc2c(c1)OCO2)c1nc2ccccc2o1. The zero-order chi connectivity index (χ0) is 29.9. The molecule has 4 heterocycles. The average Bonchev–Trinajstić information content (AvgIpc) is 3.87. The lowest BCUT2D eigenvalue weighted by atomic mass is 10.1. The van der Waals surface area contributed by atoms with Crippen molar-refractivity contribution in [3.63, 3.8) is 0 Å². The molecule has 0 aliphatic carbocycles. The molecule has 4 aromatic carbocycles. The Morgan fingerprint density at radius 3 is 1.43 bits per heavy atom. The molecule has 0 atom stereocenters. The van der Waals surface area contributed by atoms with Crippen molar-refractivity contribution in [1.29, 1.82) is 10.5 Å². The molecule has 2 aliphatic rings. The molecule has 10 nitrogen and oxygen atoms in total. The van der Waals surface area contributed by atoms with Gasteiger partial charge in [-0.15, -0.1) is 0 Å². The number of nitriles is 2. The minimum absolute atomic E-state index is 0.221. The zero-order valence-corrected chi connectivity index (χ0v) is 22.9. The number of fused-ring (bicyclic) bond motifs is 4. The van der Waals surface area contributed by atoms with Crippen molar-refractivity contribution in [2.45, 2.75) is 0 Å². The molecule has 0 saturated heterocycles. The second-order valence-electron chi connectivity index (χ2n) is 9.54. The minimum Gasteiger partial charge on any atom is -0.454 e. The van der Waals surface area contributed by atoms with Crippen molar-refractivity contribution in [3.05, 3.63) is 108 Å². The molecule has 8 rings (SSSR count). The monoisotopic (exact) mass is 580 g/mol. The molecule has 2 aliphatic heterocycles. The minimum atomic E-state index is 0.221. The summed E-state index contributed by atoms with van der Waals surface area (Å²) in [6, 6.07) is 30.1. The first-order valence-electron chi connectivity index (χ1n) is 13.4. The quantitative estimate of drug-likeness (QED) is 0.196. The Labute approximate surface area is 250 Å². The van der Waals surface area contributed by atoms with E-state index in [1.165, 1.54) is 0 Å². The molecule has 212 valence electrons. The summed E-state index contributed by atoms with van der Waals surface area (Å²) in [6.45, 7) is 0.442. The Morgan fingerprint density at radius 2 is 1.00 bits per heavy atom. The van der Waals surface area contributed by atoms with Gasteiger partial charge in [0.1, 0.15) is 34.3 Å². The molecule has 2 aromatic heterocycles. The van der Waals surface area contributed by atoms with E-state index in [-0.39, 0.29) is 13.6 Å². The summed E-state index contributed by atoms with van der Waals surface area (Å²) in [6.07, 6.45) is 3.43. The molecule has 44 heavy (non-hydrogen) atoms. The summed E-state index contributed by atoms with van der Waals surface area (Å²) >= 11 is 0. The fourth-order valence-electron chi connectivity index (χ4n) is 4.60. The maximum Gasteiger partial charge on any atom is 0.238 e. The van der Waals surface area contributed by atoms with Gasteiger partial charge in [0.2, 0.25) is 25.4 Å². The van der Waals surface area contributed by atoms with Gasteiger partial charge >= 0.3 is 0 Å². The lowest BCUT2D eigenvalue weighted by Gasteiger charge is -1.98. The number of hydrogen-bond acceptors (Lipinski definition) is 10. The van der Waals surface area contributed by atoms with Gasteiger partial charge in [-0.1, -0.05) is 36.4 Å². The highest BCUT2D eigenvalue weighted by Gasteiger charge is 2.16. The maximum atomic E-state index is 9.39. The number of nitrogens with zero attached hydrogens (tertiary/aromatic N) is 4. The average molecular weight is 581 g/mol. The molecule has 0 saturated carbocycles. The number of allylic oxidation sites excluding steroid dienone is 2. The largest absolute Gasteiger partial charge is 0.454 e. The molecular formula is C34H20N4O6. The standard InChI is InChI=1S/2C17H10N2O3/c2*18-9-12(17-19-13-3-1-2-4-14(13)22-17)7-11-5-6-15-16(8-11)21-10-20-15/h2*1-8H,10H2/b2*12-7+. The summed E-state index contributed by atoms with van der Waals surface area (Å²) in [5, 5.41) is 18.8. The van der Waals surface area contributed by atoms with Crippen molar-refractivity contribution in [2.24, 2.45) is 0 Å². The van der Waals surface area contributed by atoms with Crippen LogP contribution >= 0.6 is 0 Å². The van der Waals surface area contributed by atoms with E-state index < -0.39 is 0 Å². The normalized spacial score (nSPS) is 13.3. The first kappa shape index (κ1) is 26.4. The fraction of sp³-hybridized carbons (Fsp3) is 0.0588. The van der Waals surface area contributed by atoms with Crippen LogP contribution in [0.2, 0.25) is 0 Å². The van der Waals surface area contributed by atoms with E-state index in [1.807, 2.05) is 84.9 Å². The Balaban J connectivity index is 0.000000142. The molecule has 0 fully saturated rings. The highest BCUT2D eigenvalue weighted by Crippen LogP contribution is 2.35. The topological polar surface area (TPSA) is 137 Å². The number of hydrogen-bond donors (Lipinski definition) is 0. The van der Waals surface area contributed by atoms with Gasteiger partial charge < -0.3 is 27.8 Å². The lowest BCUT2D eigenvalue weighted by Crippen LogP contribution is -1.92. The second-order valence-corrected chi connectivity index (χ2v) is 9.54. The summed E-state index contributed by atoms with van der Waals surface area (Å²) in [7, 11) is 0. The van der Waals surface area contributed by atoms with E-state index in [0.717, 1.165) is 22.2 Å². The Morgan fingerprint density at radius 1 is 0.568 bits per heavy atom. The maximum absolute atomic E-state index is 9.39. The molecule has 0 spiro atoms. The van der Waals surface area contributed by atoms with Crippen LogP contribution in [0.1, 0.15) is 22.9 Å². The third kappa shape index (κ3) is 5.27. The van der Waals surface area contributed by atoms with Gasteiger partial charge in [0.25, 0.3) is 0 Å². The molecule has 6 aromatic rings. The molecule has 10 heteroatoms. The first-order valence-corrected chi connectivity index (χ1v) is 13.4. The Hall–Kier alpha value is -6.52. The van der Waals surface area contributed by atoms with E-state index in [4.69, 9.17) is 27.8 Å². The molecule has 0 bridgehead atoms. The number of ether oxygens (including phenoxy) is 4. The van der Waals surface area contributed by atoms with Crippen LogP contribution in [-0.4, -0.2) is 23.6 Å². The van der Waals surface area contributed by atoms with E-state index in [2.05, 4.69) is 22.1 Å². The summed E-state index contributed by atoms with van der Waals surface area (Å²) in [4.78, 5) is 8.68. The third-order valence-corrected chi connectivity index (χ3v) is 6.70. The van der Waals surface area contributed by atoms with Gasteiger partial charge in [-0.3, -0.25) is 0 Å². The van der Waals surface area contributed by atoms with E-state index in [9.17, 15) is 10.5 Å². The first-order chi connectivity index (χ1) is 21.7. The molecule has 0 N–H and O–H groups in total. The van der Waals surface area contributed by atoms with Crippen molar-refractivity contribution in [3.8, 4) is 35.1 Å². The van der Waals surface area contributed by atoms with Crippen LogP contribution in [0.25, 0.3) is 45.5 Å². The van der Waals surface area contributed by atoms with Crippen molar-refractivity contribution < 1.29 is 27.8 Å². The number of aromatic nitrogens is 2. The highest BCUT2D eigenvalue weighted by molar-refractivity contribution is 5.90. The number of benzene rings is 4. The smallest absolute Gasteiger partial charge is 0.238 e. The molecular weight excluding hydrogens is 560 g/mol. The zero-order valence-electron chi connectivity index (χ0n) is 22.9. The van der Waals surface area contributed by atoms with Gasteiger partial charge in [0, 0.05) is 0 Å². The van der Waals surface area contributed by atoms with Crippen LogP contribution in [0.5, 0.6) is 23.0 Å². The van der Waals surface area contributed by atoms with E-state index in [0.29, 0.717) is 57.1 Å². The van der Waals surface area contributed by atoms with Crippen LogP contribution in [0.3, 0.4) is 0 Å². The second kappa shape index (κ2) is 11.4. The Bertz CT molecular complexity index is 1960. The van der Waals surface area contributed by atoms with Crippen LogP contribution in [-0.2, 0) is 0 Å². The van der Waals surface area contributed by atoms with Gasteiger partial charge in [0.05, 0.1) is 0 Å². The van der Waals surface area contributed by atoms with Gasteiger partial charge in [-0.05, 0) is 71.8 Å². The van der Waals surface area contributed by atoms with Gasteiger partial charge in [-0.25, -0.2) is 9.97 Å². The number of oxazole rings is 2. The summed E-state index contributed by atoms with van der Waals surface area (Å²) in [5.41, 5.74) is 5.12. The van der Waals surface area contributed by atoms with Crippen LogP contribution < -0.4 is 18.9 Å². The van der Waals surface area contributed by atoms with Crippen molar-refractivity contribution >= 4 is 45.5 Å². The fourth-order valence-corrected chi connectivity index (χ4v) is 4.60.